The first-order chi connectivity index (χ1) is 7.20. The first-order valence-electron chi connectivity index (χ1n) is 6.51. The minimum atomic E-state index is 0.288. The fraction of sp³-hybridized carbons (Fsp3) is 1.00. The fourth-order valence-electron chi connectivity index (χ4n) is 3.23. The van der Waals surface area contributed by atoms with Crippen LogP contribution >= 0.6 is 0 Å². The van der Waals surface area contributed by atoms with E-state index in [0.717, 1.165) is 18.4 Å². The minimum Gasteiger partial charge on any atom is -0.395 e. The molecular weight excluding hydrogens is 186 g/mol. The SMILES string of the molecule is CCC1CCCCC(C)C1N(C)CCO. The van der Waals surface area contributed by atoms with Gasteiger partial charge >= 0.3 is 0 Å². The Labute approximate surface area is 94.7 Å². The number of aliphatic hydroxyl groups is 1. The molecule has 0 bridgehead atoms. The van der Waals surface area contributed by atoms with Crippen molar-refractivity contribution >= 4 is 0 Å². The molecule has 2 heteroatoms. The van der Waals surface area contributed by atoms with Crippen LogP contribution in [0.25, 0.3) is 0 Å². The molecule has 3 unspecified atom stereocenters. The lowest BCUT2D eigenvalue weighted by Crippen LogP contribution is -2.43. The quantitative estimate of drug-likeness (QED) is 0.725. The van der Waals surface area contributed by atoms with E-state index in [4.69, 9.17) is 5.11 Å². The van der Waals surface area contributed by atoms with Gasteiger partial charge in [-0.3, -0.25) is 0 Å². The Hall–Kier alpha value is -0.0800. The van der Waals surface area contributed by atoms with Crippen molar-refractivity contribution < 1.29 is 5.11 Å². The van der Waals surface area contributed by atoms with Gasteiger partial charge in [-0.1, -0.05) is 33.1 Å². The van der Waals surface area contributed by atoms with E-state index in [2.05, 4.69) is 25.8 Å². The molecule has 0 amide bonds. The van der Waals surface area contributed by atoms with Crippen LogP contribution in [0.5, 0.6) is 0 Å². The summed E-state index contributed by atoms with van der Waals surface area (Å²) >= 11 is 0. The van der Waals surface area contributed by atoms with Crippen molar-refractivity contribution in [2.24, 2.45) is 11.8 Å². The number of hydrogen-bond donors (Lipinski definition) is 1. The number of aliphatic hydroxyl groups excluding tert-OH is 1. The zero-order valence-electron chi connectivity index (χ0n) is 10.6. The molecule has 0 heterocycles. The van der Waals surface area contributed by atoms with Crippen LogP contribution in [0.2, 0.25) is 0 Å². The molecule has 3 atom stereocenters. The Bertz CT molecular complexity index is 172. The van der Waals surface area contributed by atoms with Gasteiger partial charge in [0.05, 0.1) is 6.61 Å². The maximum absolute atomic E-state index is 9.04. The van der Waals surface area contributed by atoms with Crippen molar-refractivity contribution in [1.29, 1.82) is 0 Å². The molecule has 0 spiro atoms. The lowest BCUT2D eigenvalue weighted by atomic mass is 9.85. The molecule has 1 N–H and O–H groups in total. The highest BCUT2D eigenvalue weighted by Gasteiger charge is 2.30. The maximum atomic E-state index is 9.04. The third-order valence-electron chi connectivity index (χ3n) is 4.04. The van der Waals surface area contributed by atoms with E-state index in [1.165, 1.54) is 32.1 Å². The first-order valence-corrected chi connectivity index (χ1v) is 6.51. The normalized spacial score (nSPS) is 33.0. The molecule has 1 fully saturated rings. The smallest absolute Gasteiger partial charge is 0.0558 e. The van der Waals surface area contributed by atoms with E-state index in [1.54, 1.807) is 0 Å². The minimum absolute atomic E-state index is 0.288. The Morgan fingerprint density at radius 1 is 1.27 bits per heavy atom. The average molecular weight is 213 g/mol. The maximum Gasteiger partial charge on any atom is 0.0558 e. The zero-order chi connectivity index (χ0) is 11.3. The van der Waals surface area contributed by atoms with Crippen molar-refractivity contribution in [2.45, 2.75) is 52.0 Å². The molecule has 0 saturated heterocycles. The number of nitrogens with zero attached hydrogens (tertiary/aromatic N) is 1. The molecule has 90 valence electrons. The predicted octanol–water partition coefficient (Wildman–Crippen LogP) is 2.52. The predicted molar refractivity (Wildman–Crippen MR) is 64.9 cm³/mol. The van der Waals surface area contributed by atoms with Crippen molar-refractivity contribution in [3.05, 3.63) is 0 Å². The van der Waals surface area contributed by atoms with Crippen molar-refractivity contribution in [2.75, 3.05) is 20.2 Å². The number of rotatable bonds is 4. The second kappa shape index (κ2) is 6.49. The monoisotopic (exact) mass is 213 g/mol. The van der Waals surface area contributed by atoms with Gasteiger partial charge in [-0.25, -0.2) is 0 Å². The summed E-state index contributed by atoms with van der Waals surface area (Å²) in [6.45, 7) is 5.80. The standard InChI is InChI=1S/C13H27NO/c1-4-12-8-6-5-7-11(2)13(12)14(3)9-10-15/h11-13,15H,4-10H2,1-3H3. The zero-order valence-corrected chi connectivity index (χ0v) is 10.6. The second-order valence-electron chi connectivity index (χ2n) is 5.12. The third-order valence-corrected chi connectivity index (χ3v) is 4.04. The van der Waals surface area contributed by atoms with Gasteiger partial charge in [-0.15, -0.1) is 0 Å². The van der Waals surface area contributed by atoms with E-state index in [-0.39, 0.29) is 6.61 Å². The van der Waals surface area contributed by atoms with E-state index in [1.807, 2.05) is 0 Å². The van der Waals surface area contributed by atoms with Gasteiger partial charge in [0.1, 0.15) is 0 Å². The fourth-order valence-corrected chi connectivity index (χ4v) is 3.23. The van der Waals surface area contributed by atoms with Crippen LogP contribution in [0.1, 0.15) is 46.0 Å². The van der Waals surface area contributed by atoms with Crippen LogP contribution in [0, 0.1) is 11.8 Å². The molecule has 0 aromatic heterocycles. The Kier molecular flexibility index (Phi) is 5.62. The van der Waals surface area contributed by atoms with Gasteiger partial charge in [-0.2, -0.15) is 0 Å². The number of likely N-dealkylation sites (N-methyl/N-ethyl adjacent to an activating group) is 1. The second-order valence-corrected chi connectivity index (χ2v) is 5.12. The van der Waals surface area contributed by atoms with Crippen LogP contribution in [0.15, 0.2) is 0 Å². The summed E-state index contributed by atoms with van der Waals surface area (Å²) in [6.07, 6.45) is 6.80. The molecule has 1 aliphatic rings. The highest BCUT2D eigenvalue weighted by atomic mass is 16.3. The topological polar surface area (TPSA) is 23.5 Å². The summed E-state index contributed by atoms with van der Waals surface area (Å²) in [5, 5.41) is 9.04. The van der Waals surface area contributed by atoms with Crippen molar-refractivity contribution in [1.82, 2.24) is 4.90 Å². The van der Waals surface area contributed by atoms with Gasteiger partial charge in [0.15, 0.2) is 0 Å². The van der Waals surface area contributed by atoms with Crippen molar-refractivity contribution in [3.63, 3.8) is 0 Å². The van der Waals surface area contributed by atoms with Gasteiger partial charge in [0, 0.05) is 12.6 Å². The van der Waals surface area contributed by atoms with E-state index >= 15 is 0 Å². The average Bonchev–Trinajstić information content (AvgIpc) is 2.39. The molecule has 0 radical (unpaired) electrons. The van der Waals surface area contributed by atoms with Gasteiger partial charge in [0.2, 0.25) is 0 Å². The van der Waals surface area contributed by atoms with Crippen LogP contribution in [0.4, 0.5) is 0 Å². The first kappa shape index (κ1) is 13.0. The molecule has 1 rings (SSSR count). The summed E-state index contributed by atoms with van der Waals surface area (Å²) < 4.78 is 0. The van der Waals surface area contributed by atoms with E-state index in [9.17, 15) is 0 Å². The summed E-state index contributed by atoms with van der Waals surface area (Å²) in [6, 6.07) is 0.685. The van der Waals surface area contributed by atoms with Crippen LogP contribution in [-0.2, 0) is 0 Å². The largest absolute Gasteiger partial charge is 0.395 e. The molecule has 2 nitrogen and oxygen atoms in total. The molecule has 0 aromatic carbocycles. The molecule has 1 saturated carbocycles. The van der Waals surface area contributed by atoms with E-state index in [0.29, 0.717) is 6.04 Å². The Morgan fingerprint density at radius 3 is 2.53 bits per heavy atom. The molecule has 1 aliphatic carbocycles. The lowest BCUT2D eigenvalue weighted by Gasteiger charge is -2.36. The van der Waals surface area contributed by atoms with Crippen molar-refractivity contribution in [3.8, 4) is 0 Å². The summed E-state index contributed by atoms with van der Waals surface area (Å²) in [4.78, 5) is 2.38. The highest BCUT2D eigenvalue weighted by Crippen LogP contribution is 2.32. The van der Waals surface area contributed by atoms with Crippen LogP contribution < -0.4 is 0 Å². The van der Waals surface area contributed by atoms with Gasteiger partial charge in [-0.05, 0) is 31.7 Å². The summed E-state index contributed by atoms with van der Waals surface area (Å²) in [5.41, 5.74) is 0. The summed E-state index contributed by atoms with van der Waals surface area (Å²) in [5.74, 6) is 1.62. The van der Waals surface area contributed by atoms with Gasteiger partial charge < -0.3 is 10.0 Å². The molecule has 0 aromatic rings. The Balaban J connectivity index is 2.66. The van der Waals surface area contributed by atoms with Crippen LogP contribution in [0.3, 0.4) is 0 Å². The Morgan fingerprint density at radius 2 is 1.93 bits per heavy atom. The summed E-state index contributed by atoms with van der Waals surface area (Å²) in [7, 11) is 2.17. The molecule has 0 aliphatic heterocycles. The third kappa shape index (κ3) is 3.46. The molecular formula is C13H27NO. The van der Waals surface area contributed by atoms with Gasteiger partial charge in [0.25, 0.3) is 0 Å². The lowest BCUT2D eigenvalue weighted by molar-refractivity contribution is 0.0993. The molecule has 15 heavy (non-hydrogen) atoms. The van der Waals surface area contributed by atoms with Crippen LogP contribution in [-0.4, -0.2) is 36.2 Å². The number of hydrogen-bond acceptors (Lipinski definition) is 2. The highest BCUT2D eigenvalue weighted by molar-refractivity contribution is 4.84. The van der Waals surface area contributed by atoms with E-state index < -0.39 is 0 Å².